The van der Waals surface area contributed by atoms with Crippen LogP contribution in [-0.2, 0) is 14.9 Å². The summed E-state index contributed by atoms with van der Waals surface area (Å²) in [4.78, 5) is 16.8. The highest BCUT2D eigenvalue weighted by Gasteiger charge is 2.40. The Balaban J connectivity index is 2.68. The van der Waals surface area contributed by atoms with Crippen LogP contribution < -0.4 is 0 Å². The average molecular weight is 296 g/mol. The number of ether oxygens (including phenoxy) is 1. The third-order valence-corrected chi connectivity index (χ3v) is 3.90. The fraction of sp³-hybridized carbons (Fsp3) is 0.500. The molecule has 2 aromatic heterocycles. The van der Waals surface area contributed by atoms with Gasteiger partial charge in [0.2, 0.25) is 0 Å². The maximum atomic E-state index is 12.5. The molecular weight excluding hydrogens is 278 g/mol. The first-order chi connectivity index (χ1) is 9.58. The number of esters is 1. The Hall–Kier alpha value is -1.62. The first-order valence-corrected chi connectivity index (χ1v) is 7.14. The van der Waals surface area contributed by atoms with E-state index in [0.717, 1.165) is 5.56 Å². The van der Waals surface area contributed by atoms with Crippen LogP contribution in [0.25, 0.3) is 5.65 Å². The molecule has 2 aromatic rings. The van der Waals surface area contributed by atoms with Gasteiger partial charge in [-0.15, -0.1) is 0 Å². The number of hydrogen-bond donors (Lipinski definition) is 0. The van der Waals surface area contributed by atoms with Crippen LogP contribution in [0.4, 0.5) is 0 Å². The fourth-order valence-electron chi connectivity index (χ4n) is 2.54. The van der Waals surface area contributed by atoms with E-state index in [9.17, 15) is 4.79 Å². The highest BCUT2D eigenvalue weighted by atomic mass is 35.5. The number of halogens is 1. The predicted octanol–water partition coefficient (Wildman–Crippen LogP) is 3.00. The lowest BCUT2D eigenvalue weighted by molar-refractivity contribution is -0.150. The van der Waals surface area contributed by atoms with Gasteiger partial charge in [-0.2, -0.15) is 5.10 Å². The van der Waals surface area contributed by atoms with Crippen molar-refractivity contribution in [2.45, 2.75) is 39.0 Å². The van der Waals surface area contributed by atoms with Crippen LogP contribution in [0.5, 0.6) is 0 Å². The Bertz CT molecular complexity index is 620. The van der Waals surface area contributed by atoms with Crippen molar-refractivity contribution in [2.75, 3.05) is 6.61 Å². The normalized spacial score (nSPS) is 11.8. The molecule has 0 aliphatic carbocycles. The van der Waals surface area contributed by atoms with Gasteiger partial charge in [-0.25, -0.2) is 9.50 Å². The number of carbonyl (C=O) groups excluding carboxylic acids is 1. The topological polar surface area (TPSA) is 56.5 Å². The van der Waals surface area contributed by atoms with E-state index in [1.807, 2.05) is 13.8 Å². The Morgan fingerprint density at radius 3 is 2.70 bits per heavy atom. The Morgan fingerprint density at radius 1 is 1.40 bits per heavy atom. The van der Waals surface area contributed by atoms with E-state index in [1.54, 1.807) is 29.9 Å². The van der Waals surface area contributed by atoms with Crippen LogP contribution in [0.15, 0.2) is 18.5 Å². The van der Waals surface area contributed by atoms with Gasteiger partial charge < -0.3 is 4.74 Å². The molecule has 0 unspecified atom stereocenters. The molecular formula is C14H18ClN3O2. The number of aromatic nitrogens is 3. The summed E-state index contributed by atoms with van der Waals surface area (Å²) in [5.74, 6) is -0.239. The average Bonchev–Trinajstić information content (AvgIpc) is 2.89. The second kappa shape index (κ2) is 5.79. The lowest BCUT2D eigenvalue weighted by atomic mass is 9.76. The van der Waals surface area contributed by atoms with Crippen LogP contribution in [-0.4, -0.2) is 27.2 Å². The van der Waals surface area contributed by atoms with Crippen LogP contribution in [0.2, 0.25) is 5.15 Å². The first-order valence-electron chi connectivity index (χ1n) is 6.76. The Kier molecular flexibility index (Phi) is 4.28. The number of rotatable bonds is 5. The molecule has 0 aromatic carbocycles. The molecule has 0 saturated heterocycles. The zero-order valence-electron chi connectivity index (χ0n) is 11.9. The second-order valence-electron chi connectivity index (χ2n) is 4.59. The van der Waals surface area contributed by atoms with Crippen molar-refractivity contribution in [3.05, 3.63) is 29.2 Å². The van der Waals surface area contributed by atoms with Gasteiger partial charge in [-0.05, 0) is 25.8 Å². The summed E-state index contributed by atoms with van der Waals surface area (Å²) < 4.78 is 6.86. The Labute approximate surface area is 122 Å². The van der Waals surface area contributed by atoms with Gasteiger partial charge in [0, 0.05) is 18.0 Å². The summed E-state index contributed by atoms with van der Waals surface area (Å²) in [5, 5.41) is 4.49. The van der Waals surface area contributed by atoms with Gasteiger partial charge >= 0.3 is 5.97 Å². The summed E-state index contributed by atoms with van der Waals surface area (Å²) in [6.07, 6.45) is 4.59. The SMILES string of the molecule is CCOC(=O)C(CC)(CC)c1cc(Cl)nn2ccnc12. The molecule has 5 nitrogen and oxygen atoms in total. The van der Waals surface area contributed by atoms with Gasteiger partial charge in [-0.3, -0.25) is 4.79 Å². The number of carbonyl (C=O) groups is 1. The van der Waals surface area contributed by atoms with Crippen molar-refractivity contribution in [1.29, 1.82) is 0 Å². The fourth-order valence-corrected chi connectivity index (χ4v) is 2.73. The molecule has 0 amide bonds. The molecule has 0 fully saturated rings. The number of hydrogen-bond acceptors (Lipinski definition) is 4. The number of nitrogens with zero attached hydrogens (tertiary/aromatic N) is 3. The maximum Gasteiger partial charge on any atom is 0.316 e. The van der Waals surface area contributed by atoms with Gasteiger partial charge in [0.15, 0.2) is 5.65 Å². The van der Waals surface area contributed by atoms with Gasteiger partial charge in [0.1, 0.15) is 5.15 Å². The molecule has 6 heteroatoms. The summed E-state index contributed by atoms with van der Waals surface area (Å²) in [6, 6.07) is 1.72. The molecule has 0 aliphatic heterocycles. The zero-order chi connectivity index (χ0) is 14.8. The monoisotopic (exact) mass is 295 g/mol. The molecule has 0 atom stereocenters. The predicted molar refractivity (Wildman–Crippen MR) is 76.9 cm³/mol. The van der Waals surface area contributed by atoms with Crippen molar-refractivity contribution in [3.8, 4) is 0 Å². The van der Waals surface area contributed by atoms with E-state index in [-0.39, 0.29) is 5.97 Å². The minimum Gasteiger partial charge on any atom is -0.465 e. The molecule has 0 radical (unpaired) electrons. The van der Waals surface area contributed by atoms with Gasteiger partial charge in [0.25, 0.3) is 0 Å². The molecule has 0 bridgehead atoms. The quantitative estimate of drug-likeness (QED) is 0.796. The summed E-state index contributed by atoms with van der Waals surface area (Å²) in [5.41, 5.74) is 0.673. The van der Waals surface area contributed by atoms with Crippen LogP contribution >= 0.6 is 11.6 Å². The van der Waals surface area contributed by atoms with Crippen molar-refractivity contribution in [1.82, 2.24) is 14.6 Å². The molecule has 0 N–H and O–H groups in total. The van der Waals surface area contributed by atoms with E-state index < -0.39 is 5.41 Å². The highest BCUT2D eigenvalue weighted by molar-refractivity contribution is 6.29. The maximum absolute atomic E-state index is 12.5. The zero-order valence-corrected chi connectivity index (χ0v) is 12.6. The largest absolute Gasteiger partial charge is 0.465 e. The highest BCUT2D eigenvalue weighted by Crippen LogP contribution is 2.36. The third-order valence-electron chi connectivity index (χ3n) is 3.72. The van der Waals surface area contributed by atoms with E-state index in [4.69, 9.17) is 16.3 Å². The molecule has 2 rings (SSSR count). The second-order valence-corrected chi connectivity index (χ2v) is 4.97. The minimum absolute atomic E-state index is 0.239. The standard InChI is InChI=1S/C14H18ClN3O2/c1-4-14(5-2,13(19)20-6-3)10-9-11(15)17-18-8-7-16-12(10)18/h7-9H,4-6H2,1-3H3. The van der Waals surface area contributed by atoms with Gasteiger partial charge in [0.05, 0.1) is 12.0 Å². The van der Waals surface area contributed by atoms with E-state index in [2.05, 4.69) is 10.1 Å². The molecule has 0 saturated carbocycles. The molecule has 2 heterocycles. The van der Waals surface area contributed by atoms with Crippen LogP contribution in [0.3, 0.4) is 0 Å². The molecule has 0 spiro atoms. The lowest BCUT2D eigenvalue weighted by Gasteiger charge is -2.29. The van der Waals surface area contributed by atoms with Crippen LogP contribution in [0, 0.1) is 0 Å². The smallest absolute Gasteiger partial charge is 0.316 e. The summed E-state index contributed by atoms with van der Waals surface area (Å²) in [6.45, 7) is 6.09. The summed E-state index contributed by atoms with van der Waals surface area (Å²) in [7, 11) is 0. The minimum atomic E-state index is -0.741. The van der Waals surface area contributed by atoms with Crippen molar-refractivity contribution in [2.24, 2.45) is 0 Å². The van der Waals surface area contributed by atoms with E-state index >= 15 is 0 Å². The molecule has 20 heavy (non-hydrogen) atoms. The number of fused-ring (bicyclic) bond motifs is 1. The van der Waals surface area contributed by atoms with Crippen molar-refractivity contribution >= 4 is 23.2 Å². The van der Waals surface area contributed by atoms with Crippen molar-refractivity contribution in [3.63, 3.8) is 0 Å². The molecule has 108 valence electrons. The lowest BCUT2D eigenvalue weighted by Crippen LogP contribution is -2.37. The van der Waals surface area contributed by atoms with E-state index in [1.165, 1.54) is 0 Å². The van der Waals surface area contributed by atoms with E-state index in [0.29, 0.717) is 30.2 Å². The van der Waals surface area contributed by atoms with Crippen LogP contribution in [0.1, 0.15) is 39.2 Å². The van der Waals surface area contributed by atoms with Gasteiger partial charge in [-0.1, -0.05) is 25.4 Å². The summed E-state index contributed by atoms with van der Waals surface area (Å²) >= 11 is 6.07. The number of imidazole rings is 1. The Morgan fingerprint density at radius 2 is 2.10 bits per heavy atom. The molecule has 0 aliphatic rings. The third kappa shape index (κ3) is 2.26. The van der Waals surface area contributed by atoms with Crippen molar-refractivity contribution < 1.29 is 9.53 Å². The first kappa shape index (κ1) is 14.8.